The van der Waals surface area contributed by atoms with Gasteiger partial charge < -0.3 is 15.4 Å². The van der Waals surface area contributed by atoms with Crippen LogP contribution in [0, 0.1) is 0 Å². The van der Waals surface area contributed by atoms with Crippen LogP contribution in [0.2, 0.25) is 0 Å². The van der Waals surface area contributed by atoms with E-state index in [0.717, 1.165) is 4.90 Å². The Morgan fingerprint density at radius 2 is 2.00 bits per heavy atom. The minimum Gasteiger partial charge on any atom is -0.462 e. The smallest absolute Gasteiger partial charge is 0.405 e. The molecule has 4 nitrogen and oxygen atoms in total. The molecule has 1 aromatic carbocycles. The molecule has 0 unspecified atom stereocenters. The summed E-state index contributed by atoms with van der Waals surface area (Å²) >= 11 is 0. The van der Waals surface area contributed by atoms with Crippen LogP contribution in [0.3, 0.4) is 0 Å². The average molecular weight is 304 g/mol. The molecule has 21 heavy (non-hydrogen) atoms. The SMILES string of the molecule is CCOC(=O)c1cc(N(CC(F)(F)F)C(C)C)ccc1N. The van der Waals surface area contributed by atoms with Gasteiger partial charge in [-0.1, -0.05) is 0 Å². The molecule has 7 heteroatoms. The van der Waals surface area contributed by atoms with Gasteiger partial charge in [0.1, 0.15) is 6.54 Å². The number of carbonyl (C=O) groups excluding carboxylic acids is 1. The second kappa shape index (κ2) is 6.69. The van der Waals surface area contributed by atoms with Crippen LogP contribution in [0.5, 0.6) is 0 Å². The highest BCUT2D eigenvalue weighted by Gasteiger charge is 2.32. The van der Waals surface area contributed by atoms with Gasteiger partial charge >= 0.3 is 12.1 Å². The van der Waals surface area contributed by atoms with E-state index < -0.39 is 18.7 Å². The Hall–Kier alpha value is -1.92. The number of alkyl halides is 3. The maximum atomic E-state index is 12.7. The van der Waals surface area contributed by atoms with Crippen LogP contribution >= 0.6 is 0 Å². The van der Waals surface area contributed by atoms with Crippen molar-refractivity contribution < 1.29 is 22.7 Å². The van der Waals surface area contributed by atoms with E-state index in [1.807, 2.05) is 0 Å². The fraction of sp³-hybridized carbons (Fsp3) is 0.500. The summed E-state index contributed by atoms with van der Waals surface area (Å²) in [5.41, 5.74) is 6.21. The van der Waals surface area contributed by atoms with Crippen molar-refractivity contribution in [3.8, 4) is 0 Å². The number of rotatable bonds is 5. The zero-order valence-corrected chi connectivity index (χ0v) is 12.2. The van der Waals surface area contributed by atoms with Gasteiger partial charge in [0, 0.05) is 17.4 Å². The minimum atomic E-state index is -4.34. The van der Waals surface area contributed by atoms with Crippen LogP contribution in [0.1, 0.15) is 31.1 Å². The third-order valence-corrected chi connectivity index (χ3v) is 2.84. The summed E-state index contributed by atoms with van der Waals surface area (Å²) in [4.78, 5) is 12.9. The first kappa shape index (κ1) is 17.1. The van der Waals surface area contributed by atoms with Gasteiger partial charge in [0.05, 0.1) is 12.2 Å². The van der Waals surface area contributed by atoms with Crippen molar-refractivity contribution in [2.24, 2.45) is 0 Å². The molecule has 0 amide bonds. The number of esters is 1. The average Bonchev–Trinajstić information content (AvgIpc) is 2.35. The van der Waals surface area contributed by atoms with E-state index in [2.05, 4.69) is 0 Å². The summed E-state index contributed by atoms with van der Waals surface area (Å²) in [5.74, 6) is -0.646. The first-order valence-corrected chi connectivity index (χ1v) is 6.55. The maximum absolute atomic E-state index is 12.7. The molecule has 0 saturated heterocycles. The molecule has 0 radical (unpaired) electrons. The van der Waals surface area contributed by atoms with Crippen LogP contribution in [-0.4, -0.2) is 31.3 Å². The van der Waals surface area contributed by atoms with Gasteiger partial charge in [-0.15, -0.1) is 0 Å². The van der Waals surface area contributed by atoms with E-state index in [4.69, 9.17) is 10.5 Å². The lowest BCUT2D eigenvalue weighted by atomic mass is 10.1. The number of ether oxygens (including phenoxy) is 1. The second-order valence-corrected chi connectivity index (χ2v) is 4.83. The van der Waals surface area contributed by atoms with Crippen molar-refractivity contribution in [3.63, 3.8) is 0 Å². The molecule has 1 rings (SSSR count). The minimum absolute atomic E-state index is 0.0715. The summed E-state index contributed by atoms with van der Waals surface area (Å²) < 4.78 is 42.8. The number of benzene rings is 1. The zero-order chi connectivity index (χ0) is 16.2. The molecule has 118 valence electrons. The number of hydrogen-bond donors (Lipinski definition) is 1. The van der Waals surface area contributed by atoms with Crippen molar-refractivity contribution in [1.82, 2.24) is 0 Å². The first-order valence-electron chi connectivity index (χ1n) is 6.55. The van der Waals surface area contributed by atoms with Crippen LogP contribution < -0.4 is 10.6 Å². The summed E-state index contributed by atoms with van der Waals surface area (Å²) in [7, 11) is 0. The second-order valence-electron chi connectivity index (χ2n) is 4.83. The topological polar surface area (TPSA) is 55.6 Å². The van der Waals surface area contributed by atoms with Crippen LogP contribution in [0.4, 0.5) is 24.5 Å². The van der Waals surface area contributed by atoms with E-state index >= 15 is 0 Å². The summed E-state index contributed by atoms with van der Waals surface area (Å²) in [6.07, 6.45) is -4.34. The summed E-state index contributed by atoms with van der Waals surface area (Å²) in [6.45, 7) is 4.00. The number of nitrogens with two attached hydrogens (primary N) is 1. The number of carbonyl (C=O) groups is 1. The lowest BCUT2D eigenvalue weighted by molar-refractivity contribution is -0.120. The molecular formula is C14H19F3N2O2. The molecule has 0 heterocycles. The number of halogens is 3. The molecular weight excluding hydrogens is 285 g/mol. The summed E-state index contributed by atoms with van der Waals surface area (Å²) in [5, 5.41) is 0. The molecule has 0 aliphatic heterocycles. The lowest BCUT2D eigenvalue weighted by Crippen LogP contribution is -2.39. The Morgan fingerprint density at radius 3 is 2.48 bits per heavy atom. The molecule has 0 atom stereocenters. The molecule has 0 bridgehead atoms. The zero-order valence-electron chi connectivity index (χ0n) is 12.2. The Morgan fingerprint density at radius 1 is 1.38 bits per heavy atom. The molecule has 0 fully saturated rings. The van der Waals surface area contributed by atoms with E-state index in [1.165, 1.54) is 18.2 Å². The standard InChI is InChI=1S/C14H19F3N2O2/c1-4-21-13(20)11-7-10(5-6-12(11)18)19(9(2)3)8-14(15,16)17/h5-7,9H,4,8,18H2,1-3H3. The predicted molar refractivity (Wildman–Crippen MR) is 75.3 cm³/mol. The third-order valence-electron chi connectivity index (χ3n) is 2.84. The summed E-state index contributed by atoms with van der Waals surface area (Å²) in [6, 6.07) is 3.82. The Labute approximate surface area is 121 Å². The van der Waals surface area contributed by atoms with Crippen LogP contribution in [0.15, 0.2) is 18.2 Å². The van der Waals surface area contributed by atoms with E-state index in [1.54, 1.807) is 20.8 Å². The van der Waals surface area contributed by atoms with Crippen LogP contribution in [0.25, 0.3) is 0 Å². The van der Waals surface area contributed by atoms with Gasteiger partial charge in [-0.3, -0.25) is 0 Å². The monoisotopic (exact) mass is 304 g/mol. The fourth-order valence-electron chi connectivity index (χ4n) is 1.87. The van der Waals surface area contributed by atoms with Crippen molar-refractivity contribution >= 4 is 17.3 Å². The van der Waals surface area contributed by atoms with E-state index in [9.17, 15) is 18.0 Å². The van der Waals surface area contributed by atoms with Gasteiger partial charge in [0.25, 0.3) is 0 Å². The molecule has 0 aromatic heterocycles. The largest absolute Gasteiger partial charge is 0.462 e. The molecule has 0 spiro atoms. The third kappa shape index (κ3) is 4.84. The Bertz CT molecular complexity index is 501. The highest BCUT2D eigenvalue weighted by atomic mass is 19.4. The van der Waals surface area contributed by atoms with Crippen molar-refractivity contribution in [2.45, 2.75) is 33.0 Å². The molecule has 2 N–H and O–H groups in total. The first-order chi connectivity index (χ1) is 9.65. The van der Waals surface area contributed by atoms with Gasteiger partial charge in [-0.05, 0) is 39.0 Å². The number of anilines is 2. The molecule has 0 saturated carbocycles. The van der Waals surface area contributed by atoms with Crippen LogP contribution in [-0.2, 0) is 4.74 Å². The van der Waals surface area contributed by atoms with Gasteiger partial charge in [0.2, 0.25) is 0 Å². The highest BCUT2D eigenvalue weighted by Crippen LogP contribution is 2.27. The van der Waals surface area contributed by atoms with E-state index in [0.29, 0.717) is 0 Å². The lowest BCUT2D eigenvalue weighted by Gasteiger charge is -2.30. The quantitative estimate of drug-likeness (QED) is 0.670. The maximum Gasteiger partial charge on any atom is 0.405 e. The highest BCUT2D eigenvalue weighted by molar-refractivity contribution is 5.96. The molecule has 1 aromatic rings. The fourth-order valence-corrected chi connectivity index (χ4v) is 1.87. The number of nitrogen functional groups attached to an aromatic ring is 1. The Kier molecular flexibility index (Phi) is 5.46. The number of hydrogen-bond acceptors (Lipinski definition) is 4. The van der Waals surface area contributed by atoms with Crippen molar-refractivity contribution in [1.29, 1.82) is 0 Å². The van der Waals surface area contributed by atoms with Gasteiger partial charge in [-0.2, -0.15) is 13.2 Å². The normalized spacial score (nSPS) is 11.6. The Balaban J connectivity index is 3.16. The number of nitrogens with zero attached hydrogens (tertiary/aromatic N) is 1. The van der Waals surface area contributed by atoms with Crippen molar-refractivity contribution in [3.05, 3.63) is 23.8 Å². The van der Waals surface area contributed by atoms with E-state index in [-0.39, 0.29) is 29.6 Å². The molecule has 0 aliphatic carbocycles. The van der Waals surface area contributed by atoms with Crippen molar-refractivity contribution in [2.75, 3.05) is 23.8 Å². The molecule has 0 aliphatic rings. The van der Waals surface area contributed by atoms with Gasteiger partial charge in [-0.25, -0.2) is 4.79 Å². The predicted octanol–water partition coefficient (Wildman–Crippen LogP) is 3.22. The van der Waals surface area contributed by atoms with Gasteiger partial charge in [0.15, 0.2) is 0 Å².